The Balaban J connectivity index is 2.20. The van der Waals surface area contributed by atoms with Crippen LogP contribution in [0, 0.1) is 6.92 Å². The van der Waals surface area contributed by atoms with Crippen LogP contribution in [-0.4, -0.2) is 18.1 Å². The van der Waals surface area contributed by atoms with Gasteiger partial charge in [-0.05, 0) is 36.8 Å². The van der Waals surface area contributed by atoms with Gasteiger partial charge in [-0.3, -0.25) is 4.79 Å². The topological polar surface area (TPSA) is 58.6 Å². The van der Waals surface area contributed by atoms with Crippen LogP contribution >= 0.6 is 0 Å². The Hall–Kier alpha value is -2.49. The molecule has 2 aromatic rings. The summed E-state index contributed by atoms with van der Waals surface area (Å²) in [4.78, 5) is 12.0. The maximum absolute atomic E-state index is 12.0. The summed E-state index contributed by atoms with van der Waals surface area (Å²) in [5.74, 6) is 0.275. The molecule has 4 nitrogen and oxygen atoms in total. The van der Waals surface area contributed by atoms with Gasteiger partial charge in [0.05, 0.1) is 12.7 Å². The summed E-state index contributed by atoms with van der Waals surface area (Å²) in [6, 6.07) is 12.0. The molecule has 2 aromatic carbocycles. The van der Waals surface area contributed by atoms with E-state index in [4.69, 9.17) is 4.74 Å². The molecule has 0 atom stereocenters. The van der Waals surface area contributed by atoms with Crippen LogP contribution < -0.4 is 10.1 Å². The third kappa shape index (κ3) is 3.04. The summed E-state index contributed by atoms with van der Waals surface area (Å²) in [5, 5.41) is 12.5. The summed E-state index contributed by atoms with van der Waals surface area (Å²) < 4.78 is 5.08. The molecule has 0 aliphatic heterocycles. The minimum Gasteiger partial charge on any atom is -0.507 e. The molecule has 0 spiro atoms. The van der Waals surface area contributed by atoms with E-state index in [0.717, 1.165) is 5.56 Å². The molecule has 1 amide bonds. The number of methoxy groups -OCH3 is 1. The van der Waals surface area contributed by atoms with Crippen LogP contribution in [0.1, 0.15) is 15.9 Å². The first-order valence-electron chi connectivity index (χ1n) is 5.85. The van der Waals surface area contributed by atoms with Gasteiger partial charge < -0.3 is 15.2 Å². The zero-order valence-corrected chi connectivity index (χ0v) is 10.8. The van der Waals surface area contributed by atoms with Crippen LogP contribution in [0.3, 0.4) is 0 Å². The number of benzene rings is 2. The van der Waals surface area contributed by atoms with Crippen LogP contribution in [0.4, 0.5) is 5.69 Å². The monoisotopic (exact) mass is 257 g/mol. The molecule has 0 radical (unpaired) electrons. The fourth-order valence-electron chi connectivity index (χ4n) is 1.73. The molecule has 2 N–H and O–H groups in total. The number of rotatable bonds is 3. The fourth-order valence-corrected chi connectivity index (χ4v) is 1.73. The van der Waals surface area contributed by atoms with Gasteiger partial charge in [0.1, 0.15) is 11.5 Å². The van der Waals surface area contributed by atoms with Gasteiger partial charge in [0, 0.05) is 11.8 Å². The number of phenols is 1. The lowest BCUT2D eigenvalue weighted by molar-refractivity contribution is 0.102. The molecule has 0 bridgehead atoms. The zero-order chi connectivity index (χ0) is 13.8. The summed E-state index contributed by atoms with van der Waals surface area (Å²) in [6.45, 7) is 1.85. The quantitative estimate of drug-likeness (QED) is 0.888. The van der Waals surface area contributed by atoms with E-state index in [9.17, 15) is 9.90 Å². The van der Waals surface area contributed by atoms with Crippen LogP contribution in [0.25, 0.3) is 0 Å². The Morgan fingerprint density at radius 3 is 2.68 bits per heavy atom. The van der Waals surface area contributed by atoms with Gasteiger partial charge in [-0.25, -0.2) is 0 Å². The average Bonchev–Trinajstić information content (AvgIpc) is 2.38. The van der Waals surface area contributed by atoms with Crippen molar-refractivity contribution in [1.82, 2.24) is 0 Å². The van der Waals surface area contributed by atoms with Crippen molar-refractivity contribution < 1.29 is 14.6 Å². The maximum atomic E-state index is 12.0. The second-order valence-corrected chi connectivity index (χ2v) is 4.21. The van der Waals surface area contributed by atoms with Gasteiger partial charge in [0.25, 0.3) is 5.91 Å². The second-order valence-electron chi connectivity index (χ2n) is 4.21. The lowest BCUT2D eigenvalue weighted by Crippen LogP contribution is -2.12. The summed E-state index contributed by atoms with van der Waals surface area (Å²) in [5.41, 5.74) is 1.76. The van der Waals surface area contributed by atoms with Gasteiger partial charge in [0.15, 0.2) is 0 Å². The van der Waals surface area contributed by atoms with E-state index in [1.807, 2.05) is 6.92 Å². The first kappa shape index (κ1) is 13.0. The third-order valence-electron chi connectivity index (χ3n) is 2.73. The molecule has 0 saturated carbocycles. The lowest BCUT2D eigenvalue weighted by Gasteiger charge is -2.08. The Labute approximate surface area is 111 Å². The fraction of sp³-hybridized carbons (Fsp3) is 0.133. The third-order valence-corrected chi connectivity index (χ3v) is 2.73. The summed E-state index contributed by atoms with van der Waals surface area (Å²) >= 11 is 0. The highest BCUT2D eigenvalue weighted by Gasteiger charge is 2.11. The largest absolute Gasteiger partial charge is 0.507 e. The molecule has 0 aromatic heterocycles. The smallest absolute Gasteiger partial charge is 0.259 e. The summed E-state index contributed by atoms with van der Waals surface area (Å²) in [6.07, 6.45) is 0. The van der Waals surface area contributed by atoms with Crippen molar-refractivity contribution in [1.29, 1.82) is 0 Å². The molecule has 0 aliphatic carbocycles. The van der Waals surface area contributed by atoms with E-state index in [2.05, 4.69) is 5.32 Å². The van der Waals surface area contributed by atoms with Crippen molar-refractivity contribution in [3.63, 3.8) is 0 Å². The second kappa shape index (κ2) is 5.44. The molecule has 2 rings (SSSR count). The summed E-state index contributed by atoms with van der Waals surface area (Å²) in [7, 11) is 1.56. The van der Waals surface area contributed by atoms with E-state index < -0.39 is 0 Å². The maximum Gasteiger partial charge on any atom is 0.259 e. The molecule has 0 aliphatic rings. The van der Waals surface area contributed by atoms with Crippen molar-refractivity contribution in [2.24, 2.45) is 0 Å². The van der Waals surface area contributed by atoms with Crippen molar-refractivity contribution in [3.05, 3.63) is 53.6 Å². The molecule has 0 heterocycles. The van der Waals surface area contributed by atoms with Crippen molar-refractivity contribution in [2.45, 2.75) is 6.92 Å². The molecule has 4 heteroatoms. The van der Waals surface area contributed by atoms with Crippen LogP contribution in [0.15, 0.2) is 42.5 Å². The first-order valence-corrected chi connectivity index (χ1v) is 5.85. The van der Waals surface area contributed by atoms with Gasteiger partial charge in [0.2, 0.25) is 0 Å². The minimum absolute atomic E-state index is 0.0274. The van der Waals surface area contributed by atoms with Crippen molar-refractivity contribution >= 4 is 11.6 Å². The number of amides is 1. The lowest BCUT2D eigenvalue weighted by atomic mass is 10.1. The number of hydrogen-bond acceptors (Lipinski definition) is 3. The highest BCUT2D eigenvalue weighted by Crippen LogP contribution is 2.21. The first-order chi connectivity index (χ1) is 9.10. The number of aromatic hydroxyl groups is 1. The predicted molar refractivity (Wildman–Crippen MR) is 73.8 cm³/mol. The van der Waals surface area contributed by atoms with E-state index in [0.29, 0.717) is 11.4 Å². The van der Waals surface area contributed by atoms with Crippen LogP contribution in [-0.2, 0) is 0 Å². The Morgan fingerprint density at radius 2 is 2.00 bits per heavy atom. The van der Waals surface area contributed by atoms with Crippen LogP contribution in [0.2, 0.25) is 0 Å². The van der Waals surface area contributed by atoms with Crippen molar-refractivity contribution in [2.75, 3.05) is 12.4 Å². The standard InChI is InChI=1S/C15H15NO3/c1-10-6-7-13(14(17)8-10)15(18)16-11-4-3-5-12(9-11)19-2/h3-9,17H,1-2H3,(H,16,18). The number of hydrogen-bond donors (Lipinski definition) is 2. The van der Waals surface area contributed by atoms with Gasteiger partial charge in [-0.2, -0.15) is 0 Å². The normalized spacial score (nSPS) is 10.0. The molecular weight excluding hydrogens is 242 g/mol. The number of aryl methyl sites for hydroxylation is 1. The SMILES string of the molecule is COc1cccc(NC(=O)c2ccc(C)cc2O)c1. The van der Waals surface area contributed by atoms with Crippen molar-refractivity contribution in [3.8, 4) is 11.5 Å². The predicted octanol–water partition coefficient (Wildman–Crippen LogP) is 2.96. The number of carbonyl (C=O) groups excluding carboxylic acids is 1. The Morgan fingerprint density at radius 1 is 1.21 bits per heavy atom. The molecule has 0 unspecified atom stereocenters. The molecule has 98 valence electrons. The number of anilines is 1. The van der Waals surface area contributed by atoms with Gasteiger partial charge in [-0.1, -0.05) is 12.1 Å². The van der Waals surface area contributed by atoms with Gasteiger partial charge in [-0.15, -0.1) is 0 Å². The van der Waals surface area contributed by atoms with E-state index in [1.165, 1.54) is 0 Å². The average molecular weight is 257 g/mol. The molecule has 0 fully saturated rings. The van der Waals surface area contributed by atoms with E-state index in [1.54, 1.807) is 49.6 Å². The number of nitrogens with one attached hydrogen (secondary N) is 1. The Kier molecular flexibility index (Phi) is 3.71. The zero-order valence-electron chi connectivity index (χ0n) is 10.8. The molecule has 0 saturated heterocycles. The number of carbonyl (C=O) groups is 1. The minimum atomic E-state index is -0.356. The van der Waals surface area contributed by atoms with E-state index in [-0.39, 0.29) is 17.2 Å². The molecular formula is C15H15NO3. The Bertz CT molecular complexity index is 608. The van der Waals surface area contributed by atoms with Gasteiger partial charge >= 0.3 is 0 Å². The number of phenolic OH excluding ortho intramolecular Hbond substituents is 1. The van der Waals surface area contributed by atoms with E-state index >= 15 is 0 Å². The van der Waals surface area contributed by atoms with Crippen LogP contribution in [0.5, 0.6) is 11.5 Å². The highest BCUT2D eigenvalue weighted by atomic mass is 16.5. The molecule has 19 heavy (non-hydrogen) atoms. The number of ether oxygens (including phenoxy) is 1. The highest BCUT2D eigenvalue weighted by molar-refractivity contribution is 6.06.